The third-order valence-corrected chi connectivity index (χ3v) is 4.97. The van der Waals surface area contributed by atoms with E-state index in [1.807, 2.05) is 0 Å². The van der Waals surface area contributed by atoms with E-state index in [1.165, 1.54) is 0 Å². The first-order valence-corrected chi connectivity index (χ1v) is 10.1. The van der Waals surface area contributed by atoms with Gasteiger partial charge < -0.3 is 28.8 Å². The SMILES string of the molecule is CCCC(CCC)C(=O)OC[C@H]1OC(C)(C)O[C@H]1[C@H](O)[C@H]1COC(C)(C)O1. The average molecular weight is 389 g/mol. The topological polar surface area (TPSA) is 83.5 Å². The molecule has 0 amide bonds. The second-order valence-corrected chi connectivity index (χ2v) is 8.40. The number of carbonyl (C=O) groups excluding carboxylic acids is 1. The normalized spacial score (nSPS) is 30.6. The zero-order chi connectivity index (χ0) is 20.2. The van der Waals surface area contributed by atoms with Crippen molar-refractivity contribution in [3.8, 4) is 0 Å². The van der Waals surface area contributed by atoms with Crippen molar-refractivity contribution in [1.29, 1.82) is 0 Å². The van der Waals surface area contributed by atoms with E-state index in [0.717, 1.165) is 25.7 Å². The van der Waals surface area contributed by atoms with Crippen molar-refractivity contribution in [2.24, 2.45) is 5.92 Å². The maximum absolute atomic E-state index is 12.4. The maximum Gasteiger partial charge on any atom is 0.309 e. The van der Waals surface area contributed by atoms with Gasteiger partial charge in [-0.1, -0.05) is 26.7 Å². The number of aliphatic hydroxyl groups is 1. The van der Waals surface area contributed by atoms with E-state index in [0.29, 0.717) is 0 Å². The van der Waals surface area contributed by atoms with Gasteiger partial charge in [0.1, 0.15) is 31.0 Å². The van der Waals surface area contributed by atoms with Gasteiger partial charge in [0.2, 0.25) is 0 Å². The van der Waals surface area contributed by atoms with E-state index in [4.69, 9.17) is 23.7 Å². The molecule has 0 unspecified atom stereocenters. The lowest BCUT2D eigenvalue weighted by Gasteiger charge is -2.27. The first-order chi connectivity index (χ1) is 12.6. The van der Waals surface area contributed by atoms with Gasteiger partial charge in [0.05, 0.1) is 12.5 Å². The molecule has 2 aliphatic heterocycles. The summed E-state index contributed by atoms with van der Waals surface area (Å²) >= 11 is 0. The fourth-order valence-corrected chi connectivity index (χ4v) is 3.74. The first kappa shape index (κ1) is 22.6. The molecule has 4 atom stereocenters. The molecule has 2 heterocycles. The fraction of sp³-hybridized carbons (Fsp3) is 0.950. The van der Waals surface area contributed by atoms with Crippen LogP contribution in [0.15, 0.2) is 0 Å². The molecule has 0 radical (unpaired) electrons. The van der Waals surface area contributed by atoms with E-state index < -0.39 is 36.0 Å². The second kappa shape index (κ2) is 9.18. The van der Waals surface area contributed by atoms with E-state index in [-0.39, 0.29) is 25.1 Å². The highest BCUT2D eigenvalue weighted by atomic mass is 16.8. The molecule has 7 heteroatoms. The molecule has 2 fully saturated rings. The Morgan fingerprint density at radius 2 is 1.70 bits per heavy atom. The molecule has 0 bridgehead atoms. The number of rotatable bonds is 9. The first-order valence-electron chi connectivity index (χ1n) is 10.1. The minimum Gasteiger partial charge on any atom is -0.463 e. The summed E-state index contributed by atoms with van der Waals surface area (Å²) in [4.78, 5) is 12.4. The molecular weight excluding hydrogens is 352 g/mol. The summed E-state index contributed by atoms with van der Waals surface area (Å²) in [5.74, 6) is -1.91. The number of ether oxygens (including phenoxy) is 5. The van der Waals surface area contributed by atoms with Gasteiger partial charge >= 0.3 is 5.97 Å². The zero-order valence-electron chi connectivity index (χ0n) is 17.5. The van der Waals surface area contributed by atoms with E-state index in [2.05, 4.69) is 13.8 Å². The van der Waals surface area contributed by atoms with Gasteiger partial charge in [-0.05, 0) is 40.5 Å². The van der Waals surface area contributed by atoms with E-state index >= 15 is 0 Å². The van der Waals surface area contributed by atoms with Gasteiger partial charge in [0, 0.05) is 0 Å². The lowest BCUT2D eigenvalue weighted by molar-refractivity contribution is -0.179. The number of hydrogen-bond donors (Lipinski definition) is 1. The Morgan fingerprint density at radius 1 is 1.07 bits per heavy atom. The van der Waals surface area contributed by atoms with Gasteiger partial charge in [0.25, 0.3) is 0 Å². The smallest absolute Gasteiger partial charge is 0.309 e. The Morgan fingerprint density at radius 3 is 2.22 bits per heavy atom. The molecule has 2 aliphatic rings. The van der Waals surface area contributed by atoms with Crippen LogP contribution in [0, 0.1) is 5.92 Å². The van der Waals surface area contributed by atoms with Gasteiger partial charge in [0.15, 0.2) is 11.6 Å². The number of hydrogen-bond acceptors (Lipinski definition) is 7. The Kier molecular flexibility index (Phi) is 7.67. The third kappa shape index (κ3) is 6.12. The molecule has 1 N–H and O–H groups in total. The van der Waals surface area contributed by atoms with Crippen molar-refractivity contribution in [3.63, 3.8) is 0 Å². The van der Waals surface area contributed by atoms with Crippen molar-refractivity contribution >= 4 is 5.97 Å². The molecule has 0 aromatic rings. The second-order valence-electron chi connectivity index (χ2n) is 8.40. The summed E-state index contributed by atoms with van der Waals surface area (Å²) in [7, 11) is 0. The van der Waals surface area contributed by atoms with Crippen molar-refractivity contribution in [1.82, 2.24) is 0 Å². The molecule has 2 saturated heterocycles. The molecule has 0 spiro atoms. The van der Waals surface area contributed by atoms with Crippen molar-refractivity contribution in [2.45, 2.75) is 103 Å². The summed E-state index contributed by atoms with van der Waals surface area (Å²) in [5.41, 5.74) is 0. The van der Waals surface area contributed by atoms with E-state index in [1.54, 1.807) is 27.7 Å². The Labute approximate surface area is 162 Å². The zero-order valence-corrected chi connectivity index (χ0v) is 17.5. The molecule has 158 valence electrons. The van der Waals surface area contributed by atoms with Crippen molar-refractivity contribution in [2.75, 3.05) is 13.2 Å². The summed E-state index contributed by atoms with van der Waals surface area (Å²) in [6, 6.07) is 0. The van der Waals surface area contributed by atoms with Crippen LogP contribution in [0.3, 0.4) is 0 Å². The lowest BCUT2D eigenvalue weighted by atomic mass is 9.98. The highest BCUT2D eigenvalue weighted by Gasteiger charge is 2.50. The van der Waals surface area contributed by atoms with Gasteiger partial charge in [-0.3, -0.25) is 4.79 Å². The molecular formula is C20H36O7. The van der Waals surface area contributed by atoms with Crippen LogP contribution in [0.5, 0.6) is 0 Å². The predicted molar refractivity (Wildman–Crippen MR) is 99.0 cm³/mol. The van der Waals surface area contributed by atoms with Crippen LogP contribution in [0.2, 0.25) is 0 Å². The highest BCUT2D eigenvalue weighted by molar-refractivity contribution is 5.72. The fourth-order valence-electron chi connectivity index (χ4n) is 3.74. The van der Waals surface area contributed by atoms with Crippen molar-refractivity contribution in [3.05, 3.63) is 0 Å². The Balaban J connectivity index is 1.97. The summed E-state index contributed by atoms with van der Waals surface area (Å²) in [5, 5.41) is 10.8. The van der Waals surface area contributed by atoms with Gasteiger partial charge in [-0.25, -0.2) is 0 Å². The largest absolute Gasteiger partial charge is 0.463 e. The van der Waals surface area contributed by atoms with Crippen LogP contribution in [-0.2, 0) is 28.5 Å². The predicted octanol–water partition coefficient (Wildman–Crippen LogP) is 2.78. The molecule has 27 heavy (non-hydrogen) atoms. The third-order valence-electron chi connectivity index (χ3n) is 4.97. The quantitative estimate of drug-likeness (QED) is 0.608. The van der Waals surface area contributed by atoms with E-state index in [9.17, 15) is 9.90 Å². The van der Waals surface area contributed by atoms with Crippen LogP contribution < -0.4 is 0 Å². The van der Waals surface area contributed by atoms with Gasteiger partial charge in [-0.15, -0.1) is 0 Å². The summed E-state index contributed by atoms with van der Waals surface area (Å²) in [6.45, 7) is 11.6. The maximum atomic E-state index is 12.4. The summed E-state index contributed by atoms with van der Waals surface area (Å²) in [6.07, 6.45) is 0.815. The molecule has 7 nitrogen and oxygen atoms in total. The minimum atomic E-state index is -0.945. The number of carbonyl (C=O) groups is 1. The minimum absolute atomic E-state index is 0.0465. The summed E-state index contributed by atoms with van der Waals surface area (Å²) < 4.78 is 28.6. The van der Waals surface area contributed by atoms with Gasteiger partial charge in [-0.2, -0.15) is 0 Å². The lowest BCUT2D eigenvalue weighted by Crippen LogP contribution is -2.46. The number of esters is 1. The van der Waals surface area contributed by atoms with Crippen LogP contribution in [0.4, 0.5) is 0 Å². The molecule has 0 saturated carbocycles. The van der Waals surface area contributed by atoms with Crippen LogP contribution in [0.25, 0.3) is 0 Å². The molecule has 0 aliphatic carbocycles. The monoisotopic (exact) mass is 388 g/mol. The highest BCUT2D eigenvalue weighted by Crippen LogP contribution is 2.34. The number of aliphatic hydroxyl groups excluding tert-OH is 1. The molecule has 0 aromatic carbocycles. The van der Waals surface area contributed by atoms with Crippen LogP contribution in [0.1, 0.15) is 67.2 Å². The van der Waals surface area contributed by atoms with Crippen LogP contribution >= 0.6 is 0 Å². The van der Waals surface area contributed by atoms with Crippen molar-refractivity contribution < 1.29 is 33.6 Å². The Hall–Kier alpha value is -0.730. The molecule has 2 rings (SSSR count). The standard InChI is InChI=1S/C20H36O7/c1-7-9-13(10-8-2)18(22)23-11-15-17(27-20(5,6)26-15)16(21)14-12-24-19(3,4)25-14/h13-17,21H,7-12H2,1-6H3/t14-,15-,16-,17-/m1/s1. The van der Waals surface area contributed by atoms with Crippen LogP contribution in [-0.4, -0.2) is 60.3 Å². The average Bonchev–Trinajstić information content (AvgIpc) is 3.10. The molecule has 0 aromatic heterocycles. The Bertz CT molecular complexity index is 485.